The summed E-state index contributed by atoms with van der Waals surface area (Å²) in [6, 6.07) is 16.5. The summed E-state index contributed by atoms with van der Waals surface area (Å²) >= 11 is 1.56. The zero-order valence-corrected chi connectivity index (χ0v) is 13.2. The van der Waals surface area contributed by atoms with E-state index in [-0.39, 0.29) is 10.6 Å². The minimum Gasteiger partial charge on any atom is -0.258 e. The van der Waals surface area contributed by atoms with Gasteiger partial charge in [-0.05, 0) is 24.3 Å². The maximum Gasteiger partial charge on any atom is 0.270 e. The van der Waals surface area contributed by atoms with E-state index in [4.69, 9.17) is 0 Å². The van der Waals surface area contributed by atoms with E-state index in [1.165, 1.54) is 6.07 Å². The van der Waals surface area contributed by atoms with Gasteiger partial charge >= 0.3 is 0 Å². The fourth-order valence-corrected chi connectivity index (χ4v) is 3.64. The van der Waals surface area contributed by atoms with Crippen molar-refractivity contribution in [3.63, 3.8) is 0 Å². The third-order valence-corrected chi connectivity index (χ3v) is 4.88. The number of benzene rings is 2. The summed E-state index contributed by atoms with van der Waals surface area (Å²) in [6.45, 7) is 0. The van der Waals surface area contributed by atoms with Crippen LogP contribution in [0.2, 0.25) is 0 Å². The van der Waals surface area contributed by atoms with Crippen LogP contribution >= 0.6 is 11.8 Å². The maximum atomic E-state index is 11.1. The molecule has 4 aromatic rings. The monoisotopic (exact) mass is 333 g/mol. The molecule has 0 spiro atoms. The summed E-state index contributed by atoms with van der Waals surface area (Å²) in [5.74, 6) is 0. The van der Waals surface area contributed by atoms with Crippen LogP contribution in [0.5, 0.6) is 0 Å². The molecule has 4 rings (SSSR count). The third-order valence-electron chi connectivity index (χ3n) is 3.72. The van der Waals surface area contributed by atoms with E-state index >= 15 is 0 Å². The predicted molar refractivity (Wildman–Crippen MR) is 94.3 cm³/mol. The quantitative estimate of drug-likeness (QED) is 0.396. The van der Waals surface area contributed by atoms with Crippen molar-refractivity contribution in [2.24, 2.45) is 0 Å². The van der Waals surface area contributed by atoms with E-state index in [0.29, 0.717) is 0 Å². The van der Waals surface area contributed by atoms with E-state index in [2.05, 4.69) is 9.97 Å². The molecule has 2 heterocycles. The van der Waals surface area contributed by atoms with Crippen molar-refractivity contribution in [1.29, 1.82) is 0 Å². The number of aromatic nitrogens is 2. The van der Waals surface area contributed by atoms with E-state index in [1.807, 2.05) is 36.4 Å². The van der Waals surface area contributed by atoms with Crippen LogP contribution in [0.25, 0.3) is 21.8 Å². The number of hydrogen-bond donors (Lipinski definition) is 0. The number of pyridine rings is 2. The van der Waals surface area contributed by atoms with Crippen LogP contribution in [0.1, 0.15) is 0 Å². The average molecular weight is 333 g/mol. The summed E-state index contributed by atoms with van der Waals surface area (Å²) in [5.41, 5.74) is 1.73. The van der Waals surface area contributed by atoms with Gasteiger partial charge in [0.1, 0.15) is 0 Å². The number of fused-ring (bicyclic) bond motifs is 2. The fourth-order valence-electron chi connectivity index (χ4n) is 2.59. The fraction of sp³-hybridized carbons (Fsp3) is 0. The van der Waals surface area contributed by atoms with E-state index in [9.17, 15) is 10.1 Å². The lowest BCUT2D eigenvalue weighted by Gasteiger charge is -2.08. The van der Waals surface area contributed by atoms with Crippen LogP contribution in [0.4, 0.5) is 5.69 Å². The lowest BCUT2D eigenvalue weighted by Crippen LogP contribution is -1.89. The lowest BCUT2D eigenvalue weighted by atomic mass is 10.2. The summed E-state index contributed by atoms with van der Waals surface area (Å²) in [5, 5.41) is 12.9. The van der Waals surface area contributed by atoms with Gasteiger partial charge in [0.2, 0.25) is 0 Å². The molecule has 0 aliphatic heterocycles. The SMILES string of the molecule is O=[N+]([O-])c1ccc2nccc(Sc3ccnc4ccccc34)c2c1. The van der Waals surface area contributed by atoms with Crippen LogP contribution in [0.15, 0.2) is 76.8 Å². The Hall–Kier alpha value is -2.99. The van der Waals surface area contributed by atoms with E-state index < -0.39 is 0 Å². The third kappa shape index (κ3) is 2.57. The number of hydrogen-bond acceptors (Lipinski definition) is 5. The van der Waals surface area contributed by atoms with Gasteiger partial charge in [-0.25, -0.2) is 0 Å². The minimum absolute atomic E-state index is 0.0666. The Bertz CT molecular complexity index is 1080. The van der Waals surface area contributed by atoms with Crippen molar-refractivity contribution in [3.05, 3.63) is 77.1 Å². The second kappa shape index (κ2) is 5.90. The first kappa shape index (κ1) is 14.6. The number of nitro benzene ring substituents is 1. The van der Waals surface area contributed by atoms with Crippen molar-refractivity contribution >= 4 is 39.3 Å². The zero-order valence-electron chi connectivity index (χ0n) is 12.4. The van der Waals surface area contributed by atoms with E-state index in [1.54, 1.807) is 36.3 Å². The van der Waals surface area contributed by atoms with E-state index in [0.717, 1.165) is 31.6 Å². The molecule has 0 atom stereocenters. The highest BCUT2D eigenvalue weighted by Gasteiger charge is 2.11. The Morgan fingerprint density at radius 3 is 2.25 bits per heavy atom. The first-order valence-corrected chi connectivity index (χ1v) is 8.09. The Labute approximate surface area is 141 Å². The number of nitrogens with zero attached hydrogens (tertiary/aromatic N) is 3. The van der Waals surface area contributed by atoms with Crippen LogP contribution in [-0.4, -0.2) is 14.9 Å². The Balaban J connectivity index is 1.87. The topological polar surface area (TPSA) is 68.9 Å². The second-order valence-corrected chi connectivity index (χ2v) is 6.28. The van der Waals surface area contributed by atoms with Crippen LogP contribution in [0, 0.1) is 10.1 Å². The highest BCUT2D eigenvalue weighted by atomic mass is 32.2. The number of nitro groups is 1. The molecule has 0 saturated carbocycles. The molecular weight excluding hydrogens is 322 g/mol. The first-order valence-electron chi connectivity index (χ1n) is 7.27. The van der Waals surface area contributed by atoms with Crippen molar-refractivity contribution in [2.45, 2.75) is 9.79 Å². The maximum absolute atomic E-state index is 11.1. The molecule has 0 radical (unpaired) electrons. The van der Waals surface area contributed by atoms with Crippen LogP contribution in [-0.2, 0) is 0 Å². The summed E-state index contributed by atoms with van der Waals surface area (Å²) in [6.07, 6.45) is 3.50. The number of para-hydroxylation sites is 1. The number of rotatable bonds is 3. The standard InChI is InChI=1S/C18H11N3O2S/c22-21(23)12-5-6-16-14(11-12)18(8-10-20-16)24-17-7-9-19-15-4-2-1-3-13(15)17/h1-11H. The van der Waals surface area contributed by atoms with Gasteiger partial charge in [0.25, 0.3) is 5.69 Å². The van der Waals surface area contributed by atoms with Crippen LogP contribution < -0.4 is 0 Å². The van der Waals surface area contributed by atoms with Gasteiger partial charge in [0.05, 0.1) is 16.0 Å². The lowest BCUT2D eigenvalue weighted by molar-refractivity contribution is -0.384. The molecule has 0 fully saturated rings. The highest BCUT2D eigenvalue weighted by Crippen LogP contribution is 2.37. The summed E-state index contributed by atoms with van der Waals surface area (Å²) in [7, 11) is 0. The smallest absolute Gasteiger partial charge is 0.258 e. The Kier molecular flexibility index (Phi) is 3.59. The molecule has 2 aromatic heterocycles. The molecule has 2 aromatic carbocycles. The largest absolute Gasteiger partial charge is 0.270 e. The van der Waals surface area contributed by atoms with Gasteiger partial charge in [-0.3, -0.25) is 20.1 Å². The van der Waals surface area contributed by atoms with Crippen molar-refractivity contribution in [3.8, 4) is 0 Å². The molecule has 5 nitrogen and oxygen atoms in total. The summed E-state index contributed by atoms with van der Waals surface area (Å²) < 4.78 is 0. The molecule has 0 aliphatic carbocycles. The molecular formula is C18H11N3O2S. The summed E-state index contributed by atoms with van der Waals surface area (Å²) in [4.78, 5) is 21.3. The van der Waals surface area contributed by atoms with Crippen molar-refractivity contribution in [1.82, 2.24) is 9.97 Å². The number of non-ortho nitro benzene ring substituents is 1. The zero-order chi connectivity index (χ0) is 16.5. The van der Waals surface area contributed by atoms with Gasteiger partial charge in [0, 0.05) is 45.1 Å². The van der Waals surface area contributed by atoms with Gasteiger partial charge in [-0.1, -0.05) is 30.0 Å². The van der Waals surface area contributed by atoms with Gasteiger partial charge in [-0.2, -0.15) is 0 Å². The molecule has 6 heteroatoms. The molecule has 0 saturated heterocycles. The average Bonchev–Trinajstić information content (AvgIpc) is 2.62. The van der Waals surface area contributed by atoms with Gasteiger partial charge in [-0.15, -0.1) is 0 Å². The van der Waals surface area contributed by atoms with Gasteiger partial charge < -0.3 is 0 Å². The molecule has 0 N–H and O–H groups in total. The Morgan fingerprint density at radius 2 is 1.50 bits per heavy atom. The first-order chi connectivity index (χ1) is 11.7. The second-order valence-electron chi connectivity index (χ2n) is 5.20. The minimum atomic E-state index is -0.386. The molecule has 0 aliphatic rings. The molecule has 0 unspecified atom stereocenters. The van der Waals surface area contributed by atoms with Gasteiger partial charge in [0.15, 0.2) is 0 Å². The van der Waals surface area contributed by atoms with Crippen LogP contribution in [0.3, 0.4) is 0 Å². The predicted octanol–water partition coefficient (Wildman–Crippen LogP) is 4.84. The van der Waals surface area contributed by atoms with Crippen molar-refractivity contribution < 1.29 is 4.92 Å². The molecule has 24 heavy (non-hydrogen) atoms. The highest BCUT2D eigenvalue weighted by molar-refractivity contribution is 7.99. The Morgan fingerprint density at radius 1 is 0.833 bits per heavy atom. The molecule has 0 amide bonds. The van der Waals surface area contributed by atoms with Crippen molar-refractivity contribution in [2.75, 3.05) is 0 Å². The molecule has 116 valence electrons. The normalized spacial score (nSPS) is 11.0. The molecule has 0 bridgehead atoms.